The number of aliphatic hydroxyl groups excluding tert-OH is 2. The number of benzene rings is 1. The molecule has 9 nitrogen and oxygen atoms in total. The lowest BCUT2D eigenvalue weighted by molar-refractivity contribution is -0.186. The third kappa shape index (κ3) is 4.59. The summed E-state index contributed by atoms with van der Waals surface area (Å²) < 4.78 is 26.8. The molecule has 1 fully saturated rings. The van der Waals surface area contributed by atoms with E-state index in [9.17, 15) is 14.6 Å². The number of thiazole rings is 1. The number of nitrogens with two attached hydrogens (primary N) is 1. The second-order valence-corrected chi connectivity index (χ2v) is 9.76. The van der Waals surface area contributed by atoms with Gasteiger partial charge in [-0.25, -0.2) is 14.1 Å². The van der Waals surface area contributed by atoms with Gasteiger partial charge in [-0.05, 0) is 12.1 Å². The van der Waals surface area contributed by atoms with Crippen molar-refractivity contribution >= 4 is 51.4 Å². The number of methoxy groups -OCH3 is 1. The summed E-state index contributed by atoms with van der Waals surface area (Å²) in [6, 6.07) is 2.07. The van der Waals surface area contributed by atoms with Crippen LogP contribution >= 0.6 is 46.3 Å². The van der Waals surface area contributed by atoms with Crippen molar-refractivity contribution in [3.8, 4) is 11.4 Å². The number of hydrogen-bond acceptors (Lipinski definition) is 10. The van der Waals surface area contributed by atoms with Crippen LogP contribution in [0.4, 0.5) is 9.52 Å². The summed E-state index contributed by atoms with van der Waals surface area (Å²) in [5, 5.41) is 30.8. The molecule has 1 aliphatic heterocycles. The van der Waals surface area contributed by atoms with Crippen molar-refractivity contribution < 1.29 is 24.1 Å². The van der Waals surface area contributed by atoms with Crippen LogP contribution in [0.5, 0.6) is 0 Å². The Hall–Kier alpha value is -1.51. The summed E-state index contributed by atoms with van der Waals surface area (Å²) >= 11 is 14.3. The molecule has 0 aliphatic carbocycles. The molecule has 172 valence electrons. The first-order valence-corrected chi connectivity index (χ1v) is 11.8. The van der Waals surface area contributed by atoms with E-state index in [4.69, 9.17) is 38.4 Å². The molecular formula is C18H18Cl2FN5O4S2. The zero-order valence-electron chi connectivity index (χ0n) is 16.4. The quantitative estimate of drug-likeness (QED) is 0.419. The van der Waals surface area contributed by atoms with Gasteiger partial charge in [0.2, 0.25) is 0 Å². The molecule has 3 aromatic rings. The number of hydrogen-bond donors (Lipinski definition) is 3. The molecule has 0 bridgehead atoms. The fourth-order valence-electron chi connectivity index (χ4n) is 3.39. The topological polar surface area (TPSA) is 129 Å². The van der Waals surface area contributed by atoms with E-state index < -0.39 is 42.2 Å². The van der Waals surface area contributed by atoms with Gasteiger partial charge in [0.05, 0.1) is 22.8 Å². The van der Waals surface area contributed by atoms with Crippen molar-refractivity contribution in [2.75, 3.05) is 19.5 Å². The first-order chi connectivity index (χ1) is 15.3. The van der Waals surface area contributed by atoms with Crippen molar-refractivity contribution in [3.05, 3.63) is 39.6 Å². The Labute approximate surface area is 200 Å². The number of aromatic nitrogens is 4. The molecule has 4 N–H and O–H groups in total. The van der Waals surface area contributed by atoms with E-state index in [1.807, 2.05) is 0 Å². The van der Waals surface area contributed by atoms with E-state index in [0.717, 1.165) is 0 Å². The maximum atomic E-state index is 13.8. The molecule has 5 atom stereocenters. The summed E-state index contributed by atoms with van der Waals surface area (Å²) in [7, 11) is 1.46. The maximum Gasteiger partial charge on any atom is 0.180 e. The summed E-state index contributed by atoms with van der Waals surface area (Å²) in [6.45, 7) is -0.444. The van der Waals surface area contributed by atoms with E-state index >= 15 is 0 Å². The molecular weight excluding hydrogens is 504 g/mol. The van der Waals surface area contributed by atoms with Crippen LogP contribution in [0.1, 0.15) is 6.04 Å². The van der Waals surface area contributed by atoms with Crippen LogP contribution in [0.2, 0.25) is 10.0 Å². The Morgan fingerprint density at radius 3 is 2.66 bits per heavy atom. The molecule has 14 heteroatoms. The van der Waals surface area contributed by atoms with Crippen molar-refractivity contribution in [1.82, 2.24) is 20.0 Å². The van der Waals surface area contributed by atoms with Gasteiger partial charge in [0, 0.05) is 17.4 Å². The standard InChI is InChI=1S/C18H18Cl2FN5O4S2/c1-29-16-14(26-4-10(24-25-26)11-6-31-18(22)23-11)15(28)12(5-27)30-17(16)32-7-2-8(19)13(21)9(20)3-7/h2-4,6,12,14-17,27-28H,5H2,1H3,(H2,22,23)/t12-,14+,15+,16-,17-/m1/s1. The monoisotopic (exact) mass is 521 g/mol. The highest BCUT2D eigenvalue weighted by Crippen LogP contribution is 2.41. The minimum atomic E-state index is -1.16. The smallest absolute Gasteiger partial charge is 0.180 e. The van der Waals surface area contributed by atoms with Gasteiger partial charge in [0.1, 0.15) is 41.2 Å². The predicted octanol–water partition coefficient (Wildman–Crippen LogP) is 2.86. The Morgan fingerprint density at radius 1 is 1.34 bits per heavy atom. The van der Waals surface area contributed by atoms with Crippen molar-refractivity contribution in [3.63, 3.8) is 0 Å². The minimum absolute atomic E-state index is 0.136. The number of rotatable bonds is 6. The lowest BCUT2D eigenvalue weighted by Gasteiger charge is -2.43. The third-order valence-electron chi connectivity index (χ3n) is 4.91. The maximum absolute atomic E-state index is 13.8. The zero-order valence-corrected chi connectivity index (χ0v) is 19.6. The van der Waals surface area contributed by atoms with Crippen molar-refractivity contribution in [2.24, 2.45) is 0 Å². The molecule has 32 heavy (non-hydrogen) atoms. The lowest BCUT2D eigenvalue weighted by Crippen LogP contribution is -2.55. The number of halogens is 3. The van der Waals surface area contributed by atoms with Crippen LogP contribution in [-0.4, -0.2) is 67.7 Å². The summed E-state index contributed by atoms with van der Waals surface area (Å²) in [6.07, 6.45) is -1.20. The average molecular weight is 522 g/mol. The van der Waals surface area contributed by atoms with Gasteiger partial charge in [0.15, 0.2) is 10.9 Å². The molecule has 0 saturated carbocycles. The van der Waals surface area contributed by atoms with E-state index in [-0.39, 0.29) is 10.0 Å². The van der Waals surface area contributed by atoms with Gasteiger partial charge in [-0.15, -0.1) is 16.4 Å². The molecule has 4 rings (SSSR count). The third-order valence-corrected chi connectivity index (χ3v) is 7.25. The fourth-order valence-corrected chi connectivity index (χ4v) is 5.81. The SMILES string of the molecule is CO[C@@H]1[C@@H](n2cc(-c3csc(N)n3)nn2)[C@@H](O)[C@@H](CO)O[C@@H]1Sc1cc(Cl)c(F)c(Cl)c1. The number of thioether (sulfide) groups is 1. The normalized spacial score (nSPS) is 25.9. The van der Waals surface area contributed by atoms with Crippen LogP contribution in [0.3, 0.4) is 0 Å². The molecule has 2 aromatic heterocycles. The minimum Gasteiger partial charge on any atom is -0.394 e. The molecule has 0 radical (unpaired) electrons. The van der Waals surface area contributed by atoms with Gasteiger partial charge >= 0.3 is 0 Å². The van der Waals surface area contributed by atoms with Gasteiger partial charge in [-0.3, -0.25) is 0 Å². The Kier molecular flexibility index (Phi) is 7.22. The molecule has 0 spiro atoms. The average Bonchev–Trinajstić information content (AvgIpc) is 3.41. The second-order valence-electron chi connectivity index (χ2n) is 6.88. The number of nitrogen functional groups attached to an aromatic ring is 1. The molecule has 0 amide bonds. The summed E-state index contributed by atoms with van der Waals surface area (Å²) in [5.74, 6) is -0.718. The molecule has 1 saturated heterocycles. The predicted molar refractivity (Wildman–Crippen MR) is 119 cm³/mol. The number of anilines is 1. The largest absolute Gasteiger partial charge is 0.394 e. The Balaban J connectivity index is 1.66. The number of nitrogens with zero attached hydrogens (tertiary/aromatic N) is 4. The summed E-state index contributed by atoms with van der Waals surface area (Å²) in [5.41, 5.74) is 5.99. The second kappa shape index (κ2) is 9.77. The Bertz CT molecular complexity index is 1080. The van der Waals surface area contributed by atoms with Gasteiger partial charge in [0.25, 0.3) is 0 Å². The first kappa shape index (κ1) is 23.6. The fraction of sp³-hybridized carbons (Fsp3) is 0.389. The van der Waals surface area contributed by atoms with Crippen LogP contribution < -0.4 is 5.73 Å². The molecule has 3 heterocycles. The van der Waals surface area contributed by atoms with Crippen molar-refractivity contribution in [1.29, 1.82) is 0 Å². The molecule has 0 unspecified atom stereocenters. The summed E-state index contributed by atoms with van der Waals surface area (Å²) in [4.78, 5) is 4.71. The van der Waals surface area contributed by atoms with E-state index in [0.29, 0.717) is 21.4 Å². The molecule has 1 aromatic carbocycles. The van der Waals surface area contributed by atoms with Crippen LogP contribution in [-0.2, 0) is 9.47 Å². The van der Waals surface area contributed by atoms with Crippen LogP contribution in [0.15, 0.2) is 28.6 Å². The van der Waals surface area contributed by atoms with Gasteiger partial charge in [-0.1, -0.05) is 40.2 Å². The molecule has 1 aliphatic rings. The first-order valence-electron chi connectivity index (χ1n) is 9.24. The number of ether oxygens (including phenoxy) is 2. The van der Waals surface area contributed by atoms with Gasteiger partial charge in [-0.2, -0.15) is 0 Å². The number of aliphatic hydroxyl groups is 2. The lowest BCUT2D eigenvalue weighted by atomic mass is 9.97. The van der Waals surface area contributed by atoms with E-state index in [1.165, 1.54) is 47.0 Å². The van der Waals surface area contributed by atoms with Gasteiger partial charge < -0.3 is 25.4 Å². The van der Waals surface area contributed by atoms with Crippen LogP contribution in [0.25, 0.3) is 11.4 Å². The highest BCUT2D eigenvalue weighted by Gasteiger charge is 2.47. The van der Waals surface area contributed by atoms with Crippen LogP contribution in [0, 0.1) is 5.82 Å². The van der Waals surface area contributed by atoms with E-state index in [1.54, 1.807) is 11.6 Å². The van der Waals surface area contributed by atoms with E-state index in [2.05, 4.69) is 15.3 Å². The zero-order chi connectivity index (χ0) is 23.0. The van der Waals surface area contributed by atoms with Crippen molar-refractivity contribution in [2.45, 2.75) is 34.7 Å². The highest BCUT2D eigenvalue weighted by molar-refractivity contribution is 7.99. The Morgan fingerprint density at radius 2 is 2.06 bits per heavy atom. The highest BCUT2D eigenvalue weighted by atomic mass is 35.5.